The molecule has 3 aromatic rings. The summed E-state index contributed by atoms with van der Waals surface area (Å²) in [5, 5.41) is 4.15. The van der Waals surface area contributed by atoms with E-state index >= 15 is 0 Å². The summed E-state index contributed by atoms with van der Waals surface area (Å²) >= 11 is 5.80. The average Bonchev–Trinajstić information content (AvgIpc) is 2.46. The smallest absolute Gasteiger partial charge is 0.322 e. The Morgan fingerprint density at radius 2 is 2.05 bits per heavy atom. The van der Waals surface area contributed by atoms with Gasteiger partial charge in [-0.1, -0.05) is 6.07 Å². The van der Waals surface area contributed by atoms with Gasteiger partial charge in [-0.3, -0.25) is 4.98 Å². The quantitative estimate of drug-likeness (QED) is 0.798. The van der Waals surface area contributed by atoms with Crippen LogP contribution in [0.5, 0.6) is 6.01 Å². The number of nitrogens with one attached hydrogen (secondary N) is 1. The zero-order valence-electron chi connectivity index (χ0n) is 10.5. The van der Waals surface area contributed by atoms with Gasteiger partial charge in [0, 0.05) is 17.3 Å². The van der Waals surface area contributed by atoms with Gasteiger partial charge in [-0.25, -0.2) is 0 Å². The van der Waals surface area contributed by atoms with E-state index in [-0.39, 0.29) is 11.3 Å². The van der Waals surface area contributed by atoms with Gasteiger partial charge in [0.25, 0.3) is 0 Å². The zero-order valence-corrected chi connectivity index (χ0v) is 11.3. The number of ether oxygens (including phenoxy) is 1. The first-order valence-corrected chi connectivity index (χ1v) is 6.20. The molecule has 0 aliphatic heterocycles. The van der Waals surface area contributed by atoms with E-state index in [0.717, 1.165) is 16.6 Å². The van der Waals surface area contributed by atoms with Gasteiger partial charge in [0.2, 0.25) is 11.2 Å². The molecule has 100 valence electrons. The van der Waals surface area contributed by atoms with Gasteiger partial charge in [-0.15, -0.1) is 0 Å². The molecule has 1 N–H and O–H groups in total. The lowest BCUT2D eigenvalue weighted by molar-refractivity contribution is 0.379. The van der Waals surface area contributed by atoms with Crippen molar-refractivity contribution in [1.82, 2.24) is 19.9 Å². The maximum atomic E-state index is 5.80. The van der Waals surface area contributed by atoms with Crippen LogP contribution in [0.4, 0.5) is 11.6 Å². The molecule has 0 saturated heterocycles. The highest BCUT2D eigenvalue weighted by atomic mass is 35.5. The minimum atomic E-state index is 0.0711. The first-order chi connectivity index (χ1) is 9.74. The van der Waals surface area contributed by atoms with E-state index in [1.807, 2.05) is 30.3 Å². The van der Waals surface area contributed by atoms with E-state index in [0.29, 0.717) is 5.95 Å². The SMILES string of the molecule is COc1nc(Cl)nc(Nc2ccc3ncccc3c2)n1. The van der Waals surface area contributed by atoms with Crippen LogP contribution in [0, 0.1) is 0 Å². The Morgan fingerprint density at radius 1 is 1.15 bits per heavy atom. The van der Waals surface area contributed by atoms with Crippen molar-refractivity contribution in [3.8, 4) is 6.01 Å². The summed E-state index contributed by atoms with van der Waals surface area (Å²) in [6.07, 6.45) is 1.76. The van der Waals surface area contributed by atoms with Crippen LogP contribution in [0.1, 0.15) is 0 Å². The largest absolute Gasteiger partial charge is 0.467 e. The number of hydrogen-bond donors (Lipinski definition) is 1. The first kappa shape index (κ1) is 12.6. The molecule has 0 unspecified atom stereocenters. The lowest BCUT2D eigenvalue weighted by atomic mass is 10.2. The Bertz CT molecular complexity index is 765. The molecule has 0 atom stereocenters. The fourth-order valence-corrected chi connectivity index (χ4v) is 1.91. The molecule has 1 aromatic carbocycles. The van der Waals surface area contributed by atoms with E-state index in [2.05, 4.69) is 25.3 Å². The Kier molecular flexibility index (Phi) is 3.30. The number of pyridine rings is 1. The van der Waals surface area contributed by atoms with Crippen LogP contribution in [0.25, 0.3) is 10.9 Å². The van der Waals surface area contributed by atoms with Crippen molar-refractivity contribution in [3.05, 3.63) is 41.8 Å². The number of nitrogens with zero attached hydrogens (tertiary/aromatic N) is 4. The maximum Gasteiger partial charge on any atom is 0.322 e. The lowest BCUT2D eigenvalue weighted by Crippen LogP contribution is -2.01. The molecule has 0 aliphatic carbocycles. The first-order valence-electron chi connectivity index (χ1n) is 5.82. The molecule has 2 heterocycles. The van der Waals surface area contributed by atoms with Gasteiger partial charge in [0.1, 0.15) is 0 Å². The second-order valence-electron chi connectivity index (χ2n) is 3.95. The highest BCUT2D eigenvalue weighted by Crippen LogP contribution is 2.20. The van der Waals surface area contributed by atoms with Crippen molar-refractivity contribution in [1.29, 1.82) is 0 Å². The number of benzene rings is 1. The number of hydrogen-bond acceptors (Lipinski definition) is 6. The molecule has 2 aromatic heterocycles. The zero-order chi connectivity index (χ0) is 13.9. The molecule has 7 heteroatoms. The Morgan fingerprint density at radius 3 is 2.90 bits per heavy atom. The third-order valence-electron chi connectivity index (χ3n) is 2.63. The molecule has 0 fully saturated rings. The van der Waals surface area contributed by atoms with Crippen LogP contribution < -0.4 is 10.1 Å². The van der Waals surface area contributed by atoms with Gasteiger partial charge >= 0.3 is 6.01 Å². The standard InChI is InChI=1S/C13H10ClN5O/c1-20-13-18-11(14)17-12(19-13)16-9-4-5-10-8(7-9)3-2-6-15-10/h2-7H,1H3,(H,16,17,18,19). The van der Waals surface area contributed by atoms with E-state index in [1.165, 1.54) is 7.11 Å². The fourth-order valence-electron chi connectivity index (χ4n) is 1.76. The number of fused-ring (bicyclic) bond motifs is 1. The fraction of sp³-hybridized carbons (Fsp3) is 0.0769. The van der Waals surface area contributed by atoms with Gasteiger partial charge in [0.05, 0.1) is 12.6 Å². The van der Waals surface area contributed by atoms with Crippen LogP contribution >= 0.6 is 11.6 Å². The third-order valence-corrected chi connectivity index (χ3v) is 2.80. The average molecular weight is 288 g/mol. The highest BCUT2D eigenvalue weighted by Gasteiger charge is 2.05. The molecule has 3 rings (SSSR count). The Balaban J connectivity index is 1.94. The van der Waals surface area contributed by atoms with Crippen LogP contribution in [-0.4, -0.2) is 27.0 Å². The van der Waals surface area contributed by atoms with Crippen molar-refractivity contribution in [2.24, 2.45) is 0 Å². The van der Waals surface area contributed by atoms with Crippen molar-refractivity contribution in [2.75, 3.05) is 12.4 Å². The molecular formula is C13H10ClN5O. The summed E-state index contributed by atoms with van der Waals surface area (Å²) in [7, 11) is 1.47. The predicted molar refractivity (Wildman–Crippen MR) is 76.4 cm³/mol. The van der Waals surface area contributed by atoms with E-state index in [1.54, 1.807) is 6.20 Å². The highest BCUT2D eigenvalue weighted by molar-refractivity contribution is 6.28. The molecule has 0 amide bonds. The third kappa shape index (κ3) is 2.60. The van der Waals surface area contributed by atoms with Crippen molar-refractivity contribution >= 4 is 34.1 Å². The molecule has 0 aliphatic rings. The Labute approximate surface area is 119 Å². The number of halogens is 1. The van der Waals surface area contributed by atoms with E-state index < -0.39 is 0 Å². The van der Waals surface area contributed by atoms with Gasteiger partial charge in [-0.2, -0.15) is 15.0 Å². The molecular weight excluding hydrogens is 278 g/mol. The van der Waals surface area contributed by atoms with Crippen LogP contribution in [0.3, 0.4) is 0 Å². The summed E-state index contributed by atoms with van der Waals surface area (Å²) in [5.41, 5.74) is 1.75. The number of aromatic nitrogens is 4. The summed E-state index contributed by atoms with van der Waals surface area (Å²) in [5.74, 6) is 0.324. The van der Waals surface area contributed by atoms with Gasteiger partial charge < -0.3 is 10.1 Å². The van der Waals surface area contributed by atoms with Gasteiger partial charge in [0.15, 0.2) is 0 Å². The summed E-state index contributed by atoms with van der Waals surface area (Å²) < 4.78 is 4.95. The maximum absolute atomic E-state index is 5.80. The van der Waals surface area contributed by atoms with Crippen molar-refractivity contribution in [3.63, 3.8) is 0 Å². The number of rotatable bonds is 3. The van der Waals surface area contributed by atoms with E-state index in [9.17, 15) is 0 Å². The molecule has 0 radical (unpaired) electrons. The monoisotopic (exact) mass is 287 g/mol. The lowest BCUT2D eigenvalue weighted by Gasteiger charge is -2.07. The second-order valence-corrected chi connectivity index (χ2v) is 4.29. The van der Waals surface area contributed by atoms with Crippen molar-refractivity contribution < 1.29 is 4.74 Å². The number of methoxy groups -OCH3 is 1. The molecule has 0 spiro atoms. The minimum absolute atomic E-state index is 0.0711. The summed E-state index contributed by atoms with van der Waals surface area (Å²) in [4.78, 5) is 16.1. The topological polar surface area (TPSA) is 72.8 Å². The van der Waals surface area contributed by atoms with E-state index in [4.69, 9.17) is 16.3 Å². The number of anilines is 2. The van der Waals surface area contributed by atoms with Crippen LogP contribution in [-0.2, 0) is 0 Å². The summed E-state index contributed by atoms with van der Waals surface area (Å²) in [6, 6.07) is 9.78. The molecule has 6 nitrogen and oxygen atoms in total. The normalized spacial score (nSPS) is 10.5. The molecule has 20 heavy (non-hydrogen) atoms. The molecule has 0 bridgehead atoms. The second kappa shape index (κ2) is 5.26. The van der Waals surface area contributed by atoms with Crippen LogP contribution in [0.2, 0.25) is 5.28 Å². The Hall–Kier alpha value is -2.47. The van der Waals surface area contributed by atoms with Crippen molar-refractivity contribution in [2.45, 2.75) is 0 Å². The molecule has 0 saturated carbocycles. The predicted octanol–water partition coefficient (Wildman–Crippen LogP) is 2.83. The summed E-state index contributed by atoms with van der Waals surface area (Å²) in [6.45, 7) is 0. The van der Waals surface area contributed by atoms with Crippen LogP contribution in [0.15, 0.2) is 36.5 Å². The van der Waals surface area contributed by atoms with Gasteiger partial charge in [-0.05, 0) is 35.9 Å². The minimum Gasteiger partial charge on any atom is -0.467 e.